The third-order valence-electron chi connectivity index (χ3n) is 3.88. The van der Waals surface area contributed by atoms with Gasteiger partial charge >= 0.3 is 6.18 Å². The van der Waals surface area contributed by atoms with E-state index in [1.54, 1.807) is 4.68 Å². The zero-order valence-electron chi connectivity index (χ0n) is 12.9. The molecule has 0 unspecified atom stereocenters. The Labute approximate surface area is 140 Å². The maximum absolute atomic E-state index is 12.9. The smallest absolute Gasteiger partial charge is 0.372 e. The molecule has 0 bridgehead atoms. The zero-order chi connectivity index (χ0) is 17.5. The summed E-state index contributed by atoms with van der Waals surface area (Å²) in [5.41, 5.74) is -0.821. The minimum Gasteiger partial charge on any atom is -0.372 e. The van der Waals surface area contributed by atoms with Gasteiger partial charge in [-0.2, -0.15) is 23.3 Å². The van der Waals surface area contributed by atoms with E-state index in [1.807, 2.05) is 7.05 Å². The van der Waals surface area contributed by atoms with Crippen molar-refractivity contribution in [2.24, 2.45) is 0 Å². The summed E-state index contributed by atoms with van der Waals surface area (Å²) in [5, 5.41) is 12.9. The molecule has 2 heterocycles. The molecule has 24 heavy (non-hydrogen) atoms. The molecule has 0 radical (unpaired) electrons. The van der Waals surface area contributed by atoms with Gasteiger partial charge in [-0.25, -0.2) is 9.67 Å². The average molecular weight is 362 g/mol. The van der Waals surface area contributed by atoms with Crippen LogP contribution in [0.4, 0.5) is 30.6 Å². The van der Waals surface area contributed by atoms with Gasteiger partial charge in [0.15, 0.2) is 5.15 Å². The van der Waals surface area contributed by atoms with Crippen LogP contribution in [0.1, 0.15) is 18.4 Å². The van der Waals surface area contributed by atoms with Crippen molar-refractivity contribution in [3.8, 4) is 0 Å². The van der Waals surface area contributed by atoms with E-state index < -0.39 is 11.7 Å². The first-order valence-corrected chi connectivity index (χ1v) is 7.50. The molecule has 1 fully saturated rings. The van der Waals surface area contributed by atoms with Crippen molar-refractivity contribution in [2.45, 2.75) is 24.7 Å². The molecule has 0 aromatic carbocycles. The van der Waals surface area contributed by atoms with Crippen LogP contribution in [0.25, 0.3) is 0 Å². The van der Waals surface area contributed by atoms with Gasteiger partial charge in [-0.3, -0.25) is 5.32 Å². The number of rotatable bonds is 5. The molecule has 3 N–H and O–H groups in total. The van der Waals surface area contributed by atoms with Gasteiger partial charge in [0.2, 0.25) is 5.95 Å². The Morgan fingerprint density at radius 1 is 1.25 bits per heavy atom. The highest BCUT2D eigenvalue weighted by atomic mass is 35.5. The van der Waals surface area contributed by atoms with Crippen LogP contribution in [-0.4, -0.2) is 33.8 Å². The summed E-state index contributed by atoms with van der Waals surface area (Å²) >= 11 is 6.30. The summed E-state index contributed by atoms with van der Waals surface area (Å²) in [4.78, 5) is 7.54. The molecule has 0 spiro atoms. The number of anilines is 3. The molecule has 0 aliphatic heterocycles. The van der Waals surface area contributed by atoms with Crippen LogP contribution < -0.4 is 16.0 Å². The lowest BCUT2D eigenvalue weighted by atomic mass is 10.3. The van der Waals surface area contributed by atoms with Gasteiger partial charge in [-0.05, 0) is 19.9 Å². The fourth-order valence-corrected chi connectivity index (χ4v) is 2.66. The highest BCUT2D eigenvalue weighted by Crippen LogP contribution is 2.43. The van der Waals surface area contributed by atoms with Crippen molar-refractivity contribution in [3.05, 3.63) is 23.1 Å². The van der Waals surface area contributed by atoms with E-state index in [0.29, 0.717) is 10.8 Å². The maximum Gasteiger partial charge on any atom is 0.421 e. The summed E-state index contributed by atoms with van der Waals surface area (Å²) in [6.45, 7) is 0. The number of nitrogens with zero attached hydrogens (tertiary/aromatic N) is 4. The summed E-state index contributed by atoms with van der Waals surface area (Å²) < 4.78 is 40.2. The van der Waals surface area contributed by atoms with E-state index in [2.05, 4.69) is 31.0 Å². The lowest BCUT2D eigenvalue weighted by molar-refractivity contribution is -0.137. The van der Waals surface area contributed by atoms with Crippen LogP contribution in [0, 0.1) is 0 Å². The SMILES string of the molecule is CNc1nc(Nc2cnn(C3(NC)CC3)c2Cl)ncc1C(F)(F)F. The first kappa shape index (κ1) is 16.8. The van der Waals surface area contributed by atoms with Crippen molar-refractivity contribution in [2.75, 3.05) is 24.7 Å². The first-order valence-electron chi connectivity index (χ1n) is 7.12. The molecule has 2 aromatic rings. The number of nitrogens with one attached hydrogen (secondary N) is 3. The minimum atomic E-state index is -4.54. The van der Waals surface area contributed by atoms with Crippen LogP contribution >= 0.6 is 11.6 Å². The van der Waals surface area contributed by atoms with Gasteiger partial charge in [0.05, 0.1) is 11.9 Å². The molecule has 0 saturated heterocycles. The van der Waals surface area contributed by atoms with Crippen molar-refractivity contribution in [3.63, 3.8) is 0 Å². The van der Waals surface area contributed by atoms with Crippen molar-refractivity contribution >= 4 is 29.1 Å². The van der Waals surface area contributed by atoms with E-state index in [1.165, 1.54) is 13.2 Å². The molecule has 1 saturated carbocycles. The second-order valence-electron chi connectivity index (χ2n) is 5.37. The third kappa shape index (κ3) is 2.86. The van der Waals surface area contributed by atoms with Crippen molar-refractivity contribution in [1.82, 2.24) is 25.1 Å². The molecular weight excluding hydrogens is 347 g/mol. The fraction of sp³-hybridized carbons (Fsp3) is 0.462. The number of halogens is 4. The second-order valence-corrected chi connectivity index (χ2v) is 5.73. The Hall–Kier alpha value is -2.07. The average Bonchev–Trinajstić information content (AvgIpc) is 3.26. The van der Waals surface area contributed by atoms with E-state index >= 15 is 0 Å². The molecule has 11 heteroatoms. The number of hydrogen-bond donors (Lipinski definition) is 3. The Morgan fingerprint density at radius 3 is 2.50 bits per heavy atom. The first-order chi connectivity index (χ1) is 11.3. The molecule has 0 atom stereocenters. The summed E-state index contributed by atoms with van der Waals surface area (Å²) in [7, 11) is 3.17. The normalized spacial score (nSPS) is 16.1. The Bertz CT molecular complexity index is 755. The molecule has 3 rings (SSSR count). The standard InChI is InChI=1S/C13H15ClF3N7/c1-18-10-7(13(15,16)17)5-20-11(23-10)22-8-6-21-24(9(8)14)12(19-2)3-4-12/h5-6,19H,3-4H2,1-2H3,(H2,18,20,22,23). The van der Waals surface area contributed by atoms with E-state index in [-0.39, 0.29) is 17.4 Å². The van der Waals surface area contributed by atoms with Gasteiger partial charge in [0.25, 0.3) is 0 Å². The molecule has 0 amide bonds. The summed E-state index contributed by atoms with van der Waals surface area (Å²) in [6.07, 6.45) is -0.546. The summed E-state index contributed by atoms with van der Waals surface area (Å²) in [6, 6.07) is 0. The largest absolute Gasteiger partial charge is 0.421 e. The highest BCUT2D eigenvalue weighted by Gasteiger charge is 2.45. The third-order valence-corrected chi connectivity index (χ3v) is 4.25. The second kappa shape index (κ2) is 5.78. The van der Waals surface area contributed by atoms with E-state index in [4.69, 9.17) is 11.6 Å². The fourth-order valence-electron chi connectivity index (χ4n) is 2.36. The van der Waals surface area contributed by atoms with Gasteiger partial charge in [0.1, 0.15) is 17.0 Å². The van der Waals surface area contributed by atoms with Crippen molar-refractivity contribution in [1.29, 1.82) is 0 Å². The zero-order valence-corrected chi connectivity index (χ0v) is 13.6. The molecule has 130 valence electrons. The predicted octanol–water partition coefficient (Wildman–Crippen LogP) is 2.80. The molecule has 1 aliphatic rings. The Balaban J connectivity index is 1.87. The van der Waals surface area contributed by atoms with E-state index in [9.17, 15) is 13.2 Å². The number of aromatic nitrogens is 4. The monoisotopic (exact) mass is 361 g/mol. The van der Waals surface area contributed by atoms with E-state index in [0.717, 1.165) is 19.0 Å². The number of alkyl halides is 3. The van der Waals surface area contributed by atoms with Gasteiger partial charge in [-0.1, -0.05) is 11.6 Å². The predicted molar refractivity (Wildman–Crippen MR) is 83.4 cm³/mol. The highest BCUT2D eigenvalue weighted by molar-refractivity contribution is 6.32. The summed E-state index contributed by atoms with van der Waals surface area (Å²) in [5.74, 6) is -0.333. The molecule has 7 nitrogen and oxygen atoms in total. The van der Waals surface area contributed by atoms with Gasteiger partial charge in [0, 0.05) is 13.2 Å². The minimum absolute atomic E-state index is 0.0110. The van der Waals surface area contributed by atoms with Gasteiger partial charge < -0.3 is 10.6 Å². The molecular formula is C13H15ClF3N7. The van der Waals surface area contributed by atoms with Crippen molar-refractivity contribution < 1.29 is 13.2 Å². The Kier molecular flexibility index (Phi) is 4.04. The lowest BCUT2D eigenvalue weighted by Gasteiger charge is -2.16. The Morgan fingerprint density at radius 2 is 1.96 bits per heavy atom. The quantitative estimate of drug-likeness (QED) is 0.760. The number of hydrogen-bond acceptors (Lipinski definition) is 6. The lowest BCUT2D eigenvalue weighted by Crippen LogP contribution is -2.32. The van der Waals surface area contributed by atoms with Crippen LogP contribution in [0.5, 0.6) is 0 Å². The van der Waals surface area contributed by atoms with Gasteiger partial charge in [-0.15, -0.1) is 0 Å². The van der Waals surface area contributed by atoms with Crippen LogP contribution in [0.2, 0.25) is 5.15 Å². The van der Waals surface area contributed by atoms with Crippen LogP contribution in [0.3, 0.4) is 0 Å². The van der Waals surface area contributed by atoms with Crippen LogP contribution in [0.15, 0.2) is 12.4 Å². The van der Waals surface area contributed by atoms with Crippen LogP contribution in [-0.2, 0) is 11.8 Å². The maximum atomic E-state index is 12.9. The molecule has 1 aliphatic carbocycles. The topological polar surface area (TPSA) is 79.7 Å². The molecule has 2 aromatic heterocycles.